The predicted octanol–water partition coefficient (Wildman–Crippen LogP) is 3.01. The van der Waals surface area contributed by atoms with E-state index in [1.165, 1.54) is 12.8 Å². The number of nitrogens with one attached hydrogen (secondary N) is 2. The third kappa shape index (κ3) is 9.73. The van der Waals surface area contributed by atoms with E-state index in [2.05, 4.69) is 32.5 Å². The summed E-state index contributed by atoms with van der Waals surface area (Å²) < 4.78 is 37.5. The van der Waals surface area contributed by atoms with Crippen molar-refractivity contribution >= 4 is 35.9 Å². The van der Waals surface area contributed by atoms with Crippen LogP contribution in [0.2, 0.25) is 0 Å². The standard InChI is InChI=1S/C14H23F3N6.HI/c1-2-3-4-5-7-19-12(18)20-9-10-22-13-21-8-6-11(23-13)14(15,16)17;/h6,8H,2-5,7,9-10H2,1H3,(H3,18,19,20)(H,21,22,23);1H. The van der Waals surface area contributed by atoms with Crippen LogP contribution in [0.25, 0.3) is 0 Å². The summed E-state index contributed by atoms with van der Waals surface area (Å²) in [6.07, 6.45) is 1.06. The maximum absolute atomic E-state index is 12.5. The summed E-state index contributed by atoms with van der Waals surface area (Å²) in [5.74, 6) is 0.255. The van der Waals surface area contributed by atoms with Gasteiger partial charge in [0.15, 0.2) is 5.96 Å². The van der Waals surface area contributed by atoms with Gasteiger partial charge in [-0.3, -0.25) is 4.99 Å². The molecule has 1 heterocycles. The van der Waals surface area contributed by atoms with Crippen molar-refractivity contribution < 1.29 is 13.2 Å². The molecule has 0 aliphatic heterocycles. The highest BCUT2D eigenvalue weighted by atomic mass is 127. The van der Waals surface area contributed by atoms with Crippen molar-refractivity contribution in [3.8, 4) is 0 Å². The molecule has 4 N–H and O–H groups in total. The lowest BCUT2D eigenvalue weighted by Crippen LogP contribution is -2.35. The fourth-order valence-corrected chi connectivity index (χ4v) is 1.76. The Hall–Kier alpha value is -1.33. The number of rotatable bonds is 9. The summed E-state index contributed by atoms with van der Waals surface area (Å²) in [7, 11) is 0. The lowest BCUT2D eigenvalue weighted by Gasteiger charge is -2.09. The van der Waals surface area contributed by atoms with Gasteiger partial charge in [-0.15, -0.1) is 24.0 Å². The molecule has 0 aliphatic rings. The Balaban J connectivity index is 0.00000529. The Morgan fingerprint density at radius 2 is 2.00 bits per heavy atom. The molecule has 0 unspecified atom stereocenters. The van der Waals surface area contributed by atoms with Gasteiger partial charge in [-0.2, -0.15) is 13.2 Å². The smallest absolute Gasteiger partial charge is 0.370 e. The average Bonchev–Trinajstić information content (AvgIpc) is 2.51. The highest BCUT2D eigenvalue weighted by Crippen LogP contribution is 2.27. The number of nitrogens with two attached hydrogens (primary N) is 1. The Labute approximate surface area is 156 Å². The number of hydrogen-bond donors (Lipinski definition) is 3. The van der Waals surface area contributed by atoms with Crippen molar-refractivity contribution in [1.82, 2.24) is 15.3 Å². The number of unbranched alkanes of at least 4 members (excludes halogenated alkanes) is 3. The summed E-state index contributed by atoms with van der Waals surface area (Å²) in [4.78, 5) is 11.3. The van der Waals surface area contributed by atoms with Gasteiger partial charge in [0.2, 0.25) is 5.95 Å². The summed E-state index contributed by atoms with van der Waals surface area (Å²) in [5.41, 5.74) is 4.70. The number of halogens is 4. The summed E-state index contributed by atoms with van der Waals surface area (Å²) in [5, 5.41) is 5.58. The molecule has 0 saturated carbocycles. The predicted molar refractivity (Wildman–Crippen MR) is 99.6 cm³/mol. The highest BCUT2D eigenvalue weighted by molar-refractivity contribution is 14.0. The number of anilines is 1. The average molecular weight is 460 g/mol. The van der Waals surface area contributed by atoms with Crippen LogP contribution in [0.4, 0.5) is 19.1 Å². The minimum Gasteiger partial charge on any atom is -0.370 e. The molecule has 0 saturated heterocycles. The molecule has 0 fully saturated rings. The summed E-state index contributed by atoms with van der Waals surface area (Å²) >= 11 is 0. The van der Waals surface area contributed by atoms with Crippen molar-refractivity contribution in [1.29, 1.82) is 0 Å². The molecule has 24 heavy (non-hydrogen) atoms. The Morgan fingerprint density at radius 3 is 2.67 bits per heavy atom. The number of guanidine groups is 1. The van der Waals surface area contributed by atoms with Crippen LogP contribution < -0.4 is 16.4 Å². The zero-order chi connectivity index (χ0) is 17.1. The van der Waals surface area contributed by atoms with E-state index in [0.29, 0.717) is 25.6 Å². The number of aliphatic imine (C=N–C) groups is 1. The SMILES string of the molecule is CCCCCCN=C(N)NCCNc1nccc(C(F)(F)F)n1.I. The minimum absolute atomic E-state index is 0. The zero-order valence-corrected chi connectivity index (χ0v) is 15.9. The minimum atomic E-state index is -4.48. The molecule has 0 aliphatic carbocycles. The molecule has 10 heteroatoms. The second kappa shape index (κ2) is 12.1. The van der Waals surface area contributed by atoms with Gasteiger partial charge in [0.25, 0.3) is 0 Å². The lowest BCUT2D eigenvalue weighted by molar-refractivity contribution is -0.141. The van der Waals surface area contributed by atoms with Gasteiger partial charge in [0.05, 0.1) is 0 Å². The molecule has 0 radical (unpaired) electrons. The molecule has 138 valence electrons. The van der Waals surface area contributed by atoms with Crippen LogP contribution >= 0.6 is 24.0 Å². The van der Waals surface area contributed by atoms with E-state index in [9.17, 15) is 13.2 Å². The first-order valence-electron chi connectivity index (χ1n) is 7.61. The van der Waals surface area contributed by atoms with E-state index in [1.807, 2.05) is 0 Å². The Morgan fingerprint density at radius 1 is 1.25 bits per heavy atom. The Bertz CT molecular complexity index is 496. The van der Waals surface area contributed by atoms with Crippen LogP contribution in [0.1, 0.15) is 38.3 Å². The first-order valence-corrected chi connectivity index (χ1v) is 7.61. The molecule has 0 atom stereocenters. The molecule has 0 spiro atoms. The van der Waals surface area contributed by atoms with Gasteiger partial charge >= 0.3 is 6.18 Å². The van der Waals surface area contributed by atoms with Gasteiger partial charge in [0, 0.05) is 25.8 Å². The van der Waals surface area contributed by atoms with Gasteiger partial charge in [-0.25, -0.2) is 9.97 Å². The lowest BCUT2D eigenvalue weighted by atomic mass is 10.2. The van der Waals surface area contributed by atoms with Gasteiger partial charge in [-0.05, 0) is 12.5 Å². The maximum atomic E-state index is 12.5. The molecule has 1 aromatic heterocycles. The van der Waals surface area contributed by atoms with Crippen LogP contribution in [-0.2, 0) is 6.18 Å². The van der Waals surface area contributed by atoms with Gasteiger partial charge < -0.3 is 16.4 Å². The highest BCUT2D eigenvalue weighted by Gasteiger charge is 2.32. The second-order valence-corrected chi connectivity index (χ2v) is 4.94. The van der Waals surface area contributed by atoms with Crippen LogP contribution in [0.5, 0.6) is 0 Å². The van der Waals surface area contributed by atoms with Crippen molar-refractivity contribution in [2.24, 2.45) is 10.7 Å². The fourth-order valence-electron chi connectivity index (χ4n) is 1.76. The van der Waals surface area contributed by atoms with E-state index >= 15 is 0 Å². The molecular formula is C14H24F3IN6. The van der Waals surface area contributed by atoms with E-state index in [-0.39, 0.29) is 29.9 Å². The normalized spacial score (nSPS) is 11.8. The van der Waals surface area contributed by atoms with E-state index < -0.39 is 11.9 Å². The van der Waals surface area contributed by atoms with Crippen molar-refractivity contribution in [3.05, 3.63) is 18.0 Å². The van der Waals surface area contributed by atoms with E-state index in [4.69, 9.17) is 5.73 Å². The zero-order valence-electron chi connectivity index (χ0n) is 13.6. The maximum Gasteiger partial charge on any atom is 0.433 e. The molecule has 1 aromatic rings. The molecule has 0 aromatic carbocycles. The molecular weight excluding hydrogens is 436 g/mol. The van der Waals surface area contributed by atoms with E-state index in [0.717, 1.165) is 25.1 Å². The van der Waals surface area contributed by atoms with Crippen molar-refractivity contribution in [3.63, 3.8) is 0 Å². The quantitative estimate of drug-likeness (QED) is 0.228. The molecule has 1 rings (SSSR count). The third-order valence-electron chi connectivity index (χ3n) is 2.95. The number of hydrogen-bond acceptors (Lipinski definition) is 4. The number of alkyl halides is 3. The van der Waals surface area contributed by atoms with Crippen LogP contribution in [-0.4, -0.2) is 35.6 Å². The van der Waals surface area contributed by atoms with Crippen LogP contribution in [0.15, 0.2) is 17.3 Å². The van der Waals surface area contributed by atoms with Crippen molar-refractivity contribution in [2.45, 2.75) is 38.8 Å². The molecule has 0 amide bonds. The third-order valence-corrected chi connectivity index (χ3v) is 2.95. The number of aromatic nitrogens is 2. The van der Waals surface area contributed by atoms with Gasteiger partial charge in [0.1, 0.15) is 5.69 Å². The fraction of sp³-hybridized carbons (Fsp3) is 0.643. The second-order valence-electron chi connectivity index (χ2n) is 4.94. The topological polar surface area (TPSA) is 88.2 Å². The molecule has 6 nitrogen and oxygen atoms in total. The first-order chi connectivity index (χ1) is 10.9. The van der Waals surface area contributed by atoms with Crippen LogP contribution in [0.3, 0.4) is 0 Å². The van der Waals surface area contributed by atoms with Crippen LogP contribution in [0, 0.1) is 0 Å². The summed E-state index contributed by atoms with van der Waals surface area (Å²) in [6, 6.07) is 0.826. The van der Waals surface area contributed by atoms with Gasteiger partial charge in [-0.1, -0.05) is 26.2 Å². The van der Waals surface area contributed by atoms with Crippen molar-refractivity contribution in [2.75, 3.05) is 25.0 Å². The largest absolute Gasteiger partial charge is 0.433 e. The number of nitrogens with zero attached hydrogens (tertiary/aromatic N) is 3. The van der Waals surface area contributed by atoms with E-state index in [1.54, 1.807) is 0 Å². The first kappa shape index (κ1) is 22.7. The Kier molecular flexibility index (Phi) is 11.4. The summed E-state index contributed by atoms with van der Waals surface area (Å²) in [6.45, 7) is 3.54. The monoisotopic (exact) mass is 460 g/mol. The molecule has 0 bridgehead atoms.